The summed E-state index contributed by atoms with van der Waals surface area (Å²) in [7, 11) is -0.387. The van der Waals surface area contributed by atoms with Gasteiger partial charge in [-0.3, -0.25) is 0 Å². The van der Waals surface area contributed by atoms with Crippen molar-refractivity contribution in [1.29, 1.82) is 0 Å². The molecule has 0 saturated heterocycles. The van der Waals surface area contributed by atoms with Gasteiger partial charge in [0.1, 0.15) is 6.15 Å². The SMILES string of the molecule is CCc1cc(CC)cc([PH+](C2CCCCC2)C2CCCCC2)c1.Cc1cc(C)c([B-](c2c(C)cc(C)cc2C)(c2c(C)cc(C)cc2C)c2c(C)cc(C)cc2C)c(C)c1. The van der Waals surface area contributed by atoms with E-state index in [9.17, 15) is 0 Å². The Bertz CT molecular complexity index is 1930. The summed E-state index contributed by atoms with van der Waals surface area (Å²) >= 11 is 0. The van der Waals surface area contributed by atoms with Gasteiger partial charge in [0, 0.05) is 7.92 Å². The minimum absolute atomic E-state index is 0.387. The Hall–Kier alpha value is -3.41. The van der Waals surface area contributed by atoms with E-state index in [4.69, 9.17) is 0 Å². The Morgan fingerprint density at radius 3 is 0.850 bits per heavy atom. The predicted octanol–water partition coefficient (Wildman–Crippen LogP) is 13.1. The van der Waals surface area contributed by atoms with Crippen molar-refractivity contribution in [2.24, 2.45) is 0 Å². The maximum atomic E-state index is 2.62. The van der Waals surface area contributed by atoms with Crippen LogP contribution in [0.15, 0.2) is 66.7 Å². The summed E-state index contributed by atoms with van der Waals surface area (Å²) in [6, 6.07) is 26.9. The fraction of sp³-hybridized carbons (Fsp3) is 0.483. The summed E-state index contributed by atoms with van der Waals surface area (Å²) in [6.07, 6.45) is 16.0. The molecule has 60 heavy (non-hydrogen) atoms. The van der Waals surface area contributed by atoms with E-state index < -0.39 is 6.15 Å². The number of rotatable bonds is 9. The summed E-state index contributed by atoms with van der Waals surface area (Å²) in [5.41, 5.74) is 27.7. The van der Waals surface area contributed by atoms with E-state index in [1.165, 1.54) is 166 Å². The van der Waals surface area contributed by atoms with Gasteiger partial charge in [0.15, 0.2) is 0 Å². The quantitative estimate of drug-likeness (QED) is 0.103. The van der Waals surface area contributed by atoms with Crippen LogP contribution >= 0.6 is 7.92 Å². The molecule has 0 aliphatic heterocycles. The molecule has 2 aliphatic rings. The highest BCUT2D eigenvalue weighted by atomic mass is 31.1. The summed E-state index contributed by atoms with van der Waals surface area (Å²) in [4.78, 5) is 0. The highest BCUT2D eigenvalue weighted by molar-refractivity contribution is 7.67. The van der Waals surface area contributed by atoms with E-state index in [0.29, 0.717) is 0 Å². The molecular formula is C58H80BP. The molecule has 0 aromatic heterocycles. The number of hydrogen-bond donors (Lipinski definition) is 0. The molecule has 0 N–H and O–H groups in total. The first kappa shape index (κ1) is 46.1. The summed E-state index contributed by atoms with van der Waals surface area (Å²) < 4.78 is 0. The molecule has 2 fully saturated rings. The highest BCUT2D eigenvalue weighted by Gasteiger charge is 2.41. The van der Waals surface area contributed by atoms with E-state index in [-0.39, 0.29) is 7.92 Å². The molecule has 0 heterocycles. The lowest BCUT2D eigenvalue weighted by molar-refractivity contribution is 0.487. The van der Waals surface area contributed by atoms with Gasteiger partial charge < -0.3 is 0 Å². The zero-order chi connectivity index (χ0) is 43.5. The average molecular weight is 819 g/mol. The minimum Gasteiger partial charge on any atom is -0.189 e. The Morgan fingerprint density at radius 2 is 0.617 bits per heavy atom. The van der Waals surface area contributed by atoms with Crippen molar-refractivity contribution in [2.45, 2.75) is 185 Å². The van der Waals surface area contributed by atoms with Crippen LogP contribution in [0.1, 0.15) is 156 Å². The maximum Gasteiger partial charge on any atom is 0.110 e. The Labute approximate surface area is 369 Å². The van der Waals surface area contributed by atoms with E-state index in [1.54, 1.807) is 11.1 Å². The van der Waals surface area contributed by atoms with Crippen LogP contribution in [0.3, 0.4) is 0 Å². The molecule has 0 bridgehead atoms. The van der Waals surface area contributed by atoms with Crippen LogP contribution in [0.2, 0.25) is 0 Å². The number of benzene rings is 5. The molecular weight excluding hydrogens is 738 g/mol. The molecule has 0 nitrogen and oxygen atoms in total. The van der Waals surface area contributed by atoms with E-state index in [1.807, 2.05) is 5.30 Å². The fourth-order valence-electron chi connectivity index (χ4n) is 13.3. The Kier molecular flexibility index (Phi) is 15.2. The molecule has 320 valence electrons. The highest BCUT2D eigenvalue weighted by Crippen LogP contribution is 2.55. The molecule has 5 aromatic rings. The second-order valence-corrected chi connectivity index (χ2v) is 23.1. The van der Waals surface area contributed by atoms with Crippen LogP contribution in [-0.2, 0) is 12.8 Å². The summed E-state index contributed by atoms with van der Waals surface area (Å²) in [6.45, 7) is 32.2. The topological polar surface area (TPSA) is 0 Å². The van der Waals surface area contributed by atoms with Crippen LogP contribution in [0.4, 0.5) is 0 Å². The predicted molar refractivity (Wildman–Crippen MR) is 274 cm³/mol. The second-order valence-electron chi connectivity index (χ2n) is 20.0. The lowest BCUT2D eigenvalue weighted by Gasteiger charge is -2.51. The van der Waals surface area contributed by atoms with Gasteiger partial charge in [-0.2, -0.15) is 21.9 Å². The van der Waals surface area contributed by atoms with Crippen molar-refractivity contribution in [2.75, 3.05) is 0 Å². The third-order valence-corrected chi connectivity index (χ3v) is 18.8. The molecule has 5 aromatic carbocycles. The number of hydrogen-bond acceptors (Lipinski definition) is 0. The van der Waals surface area contributed by atoms with Gasteiger partial charge >= 0.3 is 0 Å². The van der Waals surface area contributed by atoms with E-state index in [2.05, 4.69) is 164 Å². The minimum atomic E-state index is -1.48. The third-order valence-electron chi connectivity index (χ3n) is 15.0. The standard InChI is InChI=1S/C36H44B.C22H35P/c1-21-13-25(5)33(26(6)14-21)37(34-27(7)15-22(2)16-28(34)8,35-29(9)17-23(3)18-30(35)10)36-31(11)19-24(4)20-32(36)12;1-3-18-15-19(4-2)17-22(16-18)23(20-11-7-5-8-12-20)21-13-9-6-10-14-21/h13-20H,1-12H3;15-17,20-21H,3-14H2,1-2H3/q-1;/p+1. The second kappa shape index (κ2) is 19.8. The molecule has 0 amide bonds. The molecule has 0 unspecified atom stereocenters. The summed E-state index contributed by atoms with van der Waals surface area (Å²) in [5, 5.41) is 1.81. The van der Waals surface area contributed by atoms with Crippen LogP contribution in [0.5, 0.6) is 0 Å². The van der Waals surface area contributed by atoms with E-state index in [0.717, 1.165) is 11.3 Å². The third kappa shape index (κ3) is 9.48. The lowest BCUT2D eigenvalue weighted by Crippen LogP contribution is -2.78. The van der Waals surface area contributed by atoms with Crippen LogP contribution in [0, 0.1) is 83.1 Å². The lowest BCUT2D eigenvalue weighted by atomic mass is 9.10. The molecule has 2 heteroatoms. The smallest absolute Gasteiger partial charge is 0.110 e. The zero-order valence-electron chi connectivity index (χ0n) is 40.6. The van der Waals surface area contributed by atoms with Crippen LogP contribution in [0.25, 0.3) is 0 Å². The molecule has 0 radical (unpaired) electrons. The molecule has 0 atom stereocenters. The van der Waals surface area contributed by atoms with Gasteiger partial charge in [-0.25, -0.2) is 0 Å². The molecule has 7 rings (SSSR count). The Morgan fingerprint density at radius 1 is 0.367 bits per heavy atom. The first-order chi connectivity index (χ1) is 28.6. The molecule has 2 aliphatic carbocycles. The van der Waals surface area contributed by atoms with Crippen molar-refractivity contribution < 1.29 is 0 Å². The van der Waals surface area contributed by atoms with Gasteiger partial charge in [-0.15, -0.1) is 0 Å². The zero-order valence-corrected chi connectivity index (χ0v) is 41.6. The monoisotopic (exact) mass is 819 g/mol. The van der Waals surface area contributed by atoms with Gasteiger partial charge in [0.05, 0.1) is 16.6 Å². The van der Waals surface area contributed by atoms with Crippen LogP contribution < -0.4 is 27.2 Å². The summed E-state index contributed by atoms with van der Waals surface area (Å²) in [5.74, 6) is 0. The van der Waals surface area contributed by atoms with Crippen molar-refractivity contribution in [3.8, 4) is 0 Å². The van der Waals surface area contributed by atoms with Crippen molar-refractivity contribution in [1.82, 2.24) is 0 Å². The fourth-order valence-corrected chi connectivity index (χ4v) is 17.7. The van der Waals surface area contributed by atoms with Gasteiger partial charge in [0.25, 0.3) is 0 Å². The van der Waals surface area contributed by atoms with Crippen molar-refractivity contribution in [3.63, 3.8) is 0 Å². The Balaban J connectivity index is 0.000000224. The van der Waals surface area contributed by atoms with Crippen LogP contribution in [-0.4, -0.2) is 17.5 Å². The largest absolute Gasteiger partial charge is 0.189 e. The average Bonchev–Trinajstić information content (AvgIpc) is 3.17. The van der Waals surface area contributed by atoms with Gasteiger partial charge in [-0.1, -0.05) is 148 Å². The van der Waals surface area contributed by atoms with E-state index >= 15 is 0 Å². The first-order valence-corrected chi connectivity index (χ1v) is 25.7. The molecule has 2 saturated carbocycles. The van der Waals surface area contributed by atoms with Crippen molar-refractivity contribution in [3.05, 3.63) is 145 Å². The normalized spacial score (nSPS) is 15.3. The van der Waals surface area contributed by atoms with Crippen molar-refractivity contribution >= 4 is 41.2 Å². The number of aryl methyl sites for hydroxylation is 14. The van der Waals surface area contributed by atoms with Gasteiger partial charge in [-0.05, 0) is 171 Å². The maximum absolute atomic E-state index is 2.62. The van der Waals surface area contributed by atoms with Gasteiger partial charge in [0.2, 0.25) is 0 Å². The molecule has 0 spiro atoms. The first-order valence-electron chi connectivity index (χ1n) is 24.1.